The van der Waals surface area contributed by atoms with Gasteiger partial charge in [0.25, 0.3) is 5.91 Å². The number of hydrogen-bond acceptors (Lipinski definition) is 6. The van der Waals surface area contributed by atoms with Crippen molar-refractivity contribution in [3.63, 3.8) is 0 Å². The SMILES string of the molecule is C=CCOc1cccc(/C=N\NC(=O)CN(c2ccc(OC)cc2)S(C)(=O)=O)c1. The smallest absolute Gasteiger partial charge is 0.260 e. The molecule has 2 rings (SSSR count). The largest absolute Gasteiger partial charge is 0.497 e. The molecule has 8 nitrogen and oxygen atoms in total. The molecule has 0 bridgehead atoms. The first-order valence-corrected chi connectivity index (χ1v) is 10.5. The molecule has 9 heteroatoms. The minimum atomic E-state index is -3.67. The van der Waals surface area contributed by atoms with Gasteiger partial charge >= 0.3 is 0 Å². The Hall–Kier alpha value is -3.33. The number of ether oxygens (including phenoxy) is 2. The van der Waals surface area contributed by atoms with E-state index < -0.39 is 22.5 Å². The molecule has 0 atom stereocenters. The molecule has 0 fully saturated rings. The summed E-state index contributed by atoms with van der Waals surface area (Å²) in [5.74, 6) is 0.639. The van der Waals surface area contributed by atoms with E-state index in [1.54, 1.807) is 54.6 Å². The minimum Gasteiger partial charge on any atom is -0.497 e. The fourth-order valence-corrected chi connectivity index (χ4v) is 3.19. The van der Waals surface area contributed by atoms with Crippen LogP contribution in [-0.2, 0) is 14.8 Å². The molecule has 0 aromatic heterocycles. The Kier molecular flexibility index (Phi) is 7.79. The summed E-state index contributed by atoms with van der Waals surface area (Å²) in [5, 5.41) is 3.88. The molecule has 0 aliphatic heterocycles. The van der Waals surface area contributed by atoms with Crippen LogP contribution in [0.3, 0.4) is 0 Å². The summed E-state index contributed by atoms with van der Waals surface area (Å²) in [6.07, 6.45) is 4.11. The number of nitrogens with zero attached hydrogens (tertiary/aromatic N) is 2. The summed E-state index contributed by atoms with van der Waals surface area (Å²) in [6, 6.07) is 13.5. The van der Waals surface area contributed by atoms with Crippen LogP contribution in [0.25, 0.3) is 0 Å². The maximum Gasteiger partial charge on any atom is 0.260 e. The van der Waals surface area contributed by atoms with Crippen molar-refractivity contribution in [2.24, 2.45) is 5.10 Å². The number of benzene rings is 2. The fraction of sp³-hybridized carbons (Fsp3) is 0.200. The Balaban J connectivity index is 2.03. The second-order valence-corrected chi connectivity index (χ2v) is 7.84. The van der Waals surface area contributed by atoms with Gasteiger partial charge in [-0.05, 0) is 42.0 Å². The minimum absolute atomic E-state index is 0.347. The zero-order valence-corrected chi connectivity index (χ0v) is 17.1. The zero-order chi connectivity index (χ0) is 21.3. The summed E-state index contributed by atoms with van der Waals surface area (Å²) in [7, 11) is -2.16. The van der Waals surface area contributed by atoms with Gasteiger partial charge in [0.2, 0.25) is 10.0 Å². The fourth-order valence-electron chi connectivity index (χ4n) is 2.33. The summed E-state index contributed by atoms with van der Waals surface area (Å²) >= 11 is 0. The average Bonchev–Trinajstić information content (AvgIpc) is 2.70. The van der Waals surface area contributed by atoms with Crippen molar-refractivity contribution in [2.45, 2.75) is 0 Å². The number of hydrogen-bond donors (Lipinski definition) is 1. The average molecular weight is 417 g/mol. The predicted molar refractivity (Wildman–Crippen MR) is 113 cm³/mol. The highest BCUT2D eigenvalue weighted by Gasteiger charge is 2.20. The van der Waals surface area contributed by atoms with E-state index >= 15 is 0 Å². The van der Waals surface area contributed by atoms with Crippen LogP contribution in [0, 0.1) is 0 Å². The number of nitrogens with one attached hydrogen (secondary N) is 1. The van der Waals surface area contributed by atoms with Crippen LogP contribution in [0.5, 0.6) is 11.5 Å². The molecule has 0 aliphatic rings. The van der Waals surface area contributed by atoms with E-state index in [0.717, 1.165) is 10.6 Å². The summed E-state index contributed by atoms with van der Waals surface area (Å²) in [4.78, 5) is 12.2. The Morgan fingerprint density at radius 2 is 1.93 bits per heavy atom. The molecule has 0 radical (unpaired) electrons. The molecule has 154 valence electrons. The van der Waals surface area contributed by atoms with Crippen LogP contribution in [0.1, 0.15) is 5.56 Å². The number of hydrazone groups is 1. The molecule has 0 aliphatic carbocycles. The third-order valence-electron chi connectivity index (χ3n) is 3.68. The summed E-state index contributed by atoms with van der Waals surface area (Å²) < 4.78 is 35.7. The first-order chi connectivity index (χ1) is 13.8. The first-order valence-electron chi connectivity index (χ1n) is 8.61. The van der Waals surface area contributed by atoms with E-state index in [-0.39, 0.29) is 0 Å². The zero-order valence-electron chi connectivity index (χ0n) is 16.2. The lowest BCUT2D eigenvalue weighted by Gasteiger charge is -2.21. The number of amides is 1. The number of methoxy groups -OCH3 is 1. The lowest BCUT2D eigenvalue weighted by Crippen LogP contribution is -2.39. The maximum absolute atomic E-state index is 12.2. The van der Waals surface area contributed by atoms with Crippen molar-refractivity contribution >= 4 is 27.8 Å². The third kappa shape index (κ3) is 6.96. The molecular weight excluding hydrogens is 394 g/mol. The van der Waals surface area contributed by atoms with Gasteiger partial charge in [-0.2, -0.15) is 5.10 Å². The number of rotatable bonds is 10. The molecule has 1 N–H and O–H groups in total. The molecule has 2 aromatic carbocycles. The third-order valence-corrected chi connectivity index (χ3v) is 4.82. The van der Waals surface area contributed by atoms with Crippen molar-refractivity contribution in [3.8, 4) is 11.5 Å². The van der Waals surface area contributed by atoms with Crippen LogP contribution in [0.4, 0.5) is 5.69 Å². The lowest BCUT2D eigenvalue weighted by atomic mass is 10.2. The monoisotopic (exact) mass is 417 g/mol. The van der Waals surface area contributed by atoms with Crippen molar-refractivity contribution in [1.29, 1.82) is 0 Å². The number of carbonyl (C=O) groups is 1. The van der Waals surface area contributed by atoms with Crippen molar-refractivity contribution in [3.05, 3.63) is 66.7 Å². The van der Waals surface area contributed by atoms with Crippen LogP contribution >= 0.6 is 0 Å². The lowest BCUT2D eigenvalue weighted by molar-refractivity contribution is -0.119. The molecule has 0 heterocycles. The van der Waals surface area contributed by atoms with E-state index in [4.69, 9.17) is 9.47 Å². The first kappa shape index (κ1) is 22.0. The van der Waals surface area contributed by atoms with Crippen molar-refractivity contribution in [2.75, 3.05) is 30.8 Å². The topological polar surface area (TPSA) is 97.3 Å². The van der Waals surface area contributed by atoms with E-state index in [0.29, 0.717) is 29.4 Å². The highest BCUT2D eigenvalue weighted by atomic mass is 32.2. The highest BCUT2D eigenvalue weighted by molar-refractivity contribution is 7.92. The molecule has 0 spiro atoms. The number of anilines is 1. The van der Waals surface area contributed by atoms with Gasteiger partial charge in [-0.3, -0.25) is 9.10 Å². The Morgan fingerprint density at radius 3 is 2.55 bits per heavy atom. The molecule has 1 amide bonds. The van der Waals surface area contributed by atoms with Gasteiger partial charge in [0.15, 0.2) is 0 Å². The van der Waals surface area contributed by atoms with Crippen LogP contribution in [-0.4, -0.2) is 47.1 Å². The molecular formula is C20H23N3O5S. The highest BCUT2D eigenvalue weighted by Crippen LogP contribution is 2.21. The standard InChI is InChI=1S/C20H23N3O5S/c1-4-12-28-19-7-5-6-16(13-19)14-21-22-20(24)15-23(29(3,25)26)17-8-10-18(27-2)11-9-17/h4-11,13-14H,1,12,15H2,2-3H3,(H,22,24)/b21-14-. The Bertz CT molecular complexity index is 972. The van der Waals surface area contributed by atoms with Gasteiger partial charge in [-0.15, -0.1) is 0 Å². The van der Waals surface area contributed by atoms with Gasteiger partial charge in [-0.1, -0.05) is 24.8 Å². The van der Waals surface area contributed by atoms with Gasteiger partial charge in [0.1, 0.15) is 24.7 Å². The maximum atomic E-state index is 12.2. The van der Waals surface area contributed by atoms with E-state index in [9.17, 15) is 13.2 Å². The molecule has 2 aromatic rings. The summed E-state index contributed by atoms with van der Waals surface area (Å²) in [6.45, 7) is 3.55. The van der Waals surface area contributed by atoms with Crippen molar-refractivity contribution < 1.29 is 22.7 Å². The van der Waals surface area contributed by atoms with Crippen LogP contribution in [0.2, 0.25) is 0 Å². The van der Waals surface area contributed by atoms with E-state index in [1.165, 1.54) is 13.3 Å². The normalized spacial score (nSPS) is 11.1. The predicted octanol–water partition coefficient (Wildman–Crippen LogP) is 2.18. The number of carbonyl (C=O) groups excluding carboxylic acids is 1. The van der Waals surface area contributed by atoms with Gasteiger partial charge in [0, 0.05) is 0 Å². The van der Waals surface area contributed by atoms with E-state index in [2.05, 4.69) is 17.1 Å². The molecule has 0 unspecified atom stereocenters. The second kappa shape index (κ2) is 10.3. The Labute approximate surface area is 170 Å². The van der Waals surface area contributed by atoms with Crippen LogP contribution < -0.4 is 19.2 Å². The van der Waals surface area contributed by atoms with Gasteiger partial charge < -0.3 is 9.47 Å². The van der Waals surface area contributed by atoms with Gasteiger partial charge in [0.05, 0.1) is 25.3 Å². The molecule has 0 saturated heterocycles. The molecule has 0 saturated carbocycles. The van der Waals surface area contributed by atoms with Crippen molar-refractivity contribution in [1.82, 2.24) is 5.43 Å². The van der Waals surface area contributed by atoms with Crippen LogP contribution in [0.15, 0.2) is 66.3 Å². The Morgan fingerprint density at radius 1 is 1.21 bits per heavy atom. The second-order valence-electron chi connectivity index (χ2n) is 5.93. The number of sulfonamides is 1. The van der Waals surface area contributed by atoms with E-state index in [1.807, 2.05) is 0 Å². The quantitative estimate of drug-likeness (QED) is 0.363. The van der Waals surface area contributed by atoms with Gasteiger partial charge in [-0.25, -0.2) is 13.8 Å². The molecule has 29 heavy (non-hydrogen) atoms. The summed E-state index contributed by atoms with van der Waals surface area (Å²) in [5.41, 5.74) is 3.39.